The van der Waals surface area contributed by atoms with Crippen molar-refractivity contribution in [2.45, 2.75) is 71.4 Å². The van der Waals surface area contributed by atoms with Crippen LogP contribution in [0.1, 0.15) is 62.6 Å². The molecule has 5 rings (SSSR count). The number of rotatable bonds is 8. The van der Waals surface area contributed by atoms with E-state index in [-0.39, 0.29) is 17.9 Å². The molecule has 0 spiro atoms. The number of aromatic nitrogens is 1. The number of amides is 1. The Labute approximate surface area is 203 Å². The summed E-state index contributed by atoms with van der Waals surface area (Å²) in [5.74, 6) is 1.33. The van der Waals surface area contributed by atoms with Gasteiger partial charge in [0.05, 0.1) is 24.8 Å². The van der Waals surface area contributed by atoms with E-state index < -0.39 is 0 Å². The number of aryl methyl sites for hydroxylation is 2. The Balaban J connectivity index is 1.52. The van der Waals surface area contributed by atoms with Crippen LogP contribution < -0.4 is 4.90 Å². The molecule has 0 N–H and O–H groups in total. The van der Waals surface area contributed by atoms with Gasteiger partial charge in [0.2, 0.25) is 5.91 Å². The third-order valence-electron chi connectivity index (χ3n) is 7.85. The number of morpholine rings is 1. The van der Waals surface area contributed by atoms with Crippen LogP contribution in [0.4, 0.5) is 5.82 Å². The van der Waals surface area contributed by atoms with Crippen LogP contribution >= 0.6 is 0 Å². The topological polar surface area (TPSA) is 54.9 Å². The number of fused-ring (bicyclic) bond motifs is 2. The van der Waals surface area contributed by atoms with Crippen LogP contribution in [0, 0.1) is 5.92 Å². The summed E-state index contributed by atoms with van der Waals surface area (Å²) in [4.78, 5) is 23.2. The minimum atomic E-state index is 0.0601. The highest BCUT2D eigenvalue weighted by Crippen LogP contribution is 2.32. The first-order chi connectivity index (χ1) is 16.7. The van der Waals surface area contributed by atoms with E-state index in [9.17, 15) is 4.79 Å². The lowest BCUT2D eigenvalue weighted by atomic mass is 10.00. The van der Waals surface area contributed by atoms with E-state index in [2.05, 4.69) is 41.8 Å². The number of carbonyl (C=O) groups is 1. The van der Waals surface area contributed by atoms with Crippen molar-refractivity contribution in [3.8, 4) is 0 Å². The van der Waals surface area contributed by atoms with Crippen molar-refractivity contribution in [2.24, 2.45) is 5.92 Å². The molecule has 3 heterocycles. The number of ether oxygens (including phenoxy) is 2. The Morgan fingerprint density at radius 2 is 1.85 bits per heavy atom. The molecule has 1 aromatic heterocycles. The minimum absolute atomic E-state index is 0.0601. The van der Waals surface area contributed by atoms with Gasteiger partial charge >= 0.3 is 0 Å². The second-order valence-electron chi connectivity index (χ2n) is 10.1. The molecular weight excluding hydrogens is 426 g/mol. The number of carbonyl (C=O) groups excluding carboxylic acids is 1. The van der Waals surface area contributed by atoms with E-state index in [0.29, 0.717) is 13.1 Å². The molecule has 0 radical (unpaired) electrons. The molecule has 1 aromatic carbocycles. The third-order valence-corrected chi connectivity index (χ3v) is 7.85. The molecule has 0 saturated carbocycles. The monoisotopic (exact) mass is 465 g/mol. The Morgan fingerprint density at radius 1 is 1.09 bits per heavy atom. The van der Waals surface area contributed by atoms with Gasteiger partial charge in [-0.25, -0.2) is 4.98 Å². The van der Waals surface area contributed by atoms with Gasteiger partial charge < -0.3 is 19.3 Å². The van der Waals surface area contributed by atoms with E-state index in [1.165, 1.54) is 22.9 Å². The number of hydrogen-bond acceptors (Lipinski definition) is 5. The van der Waals surface area contributed by atoms with Gasteiger partial charge in [-0.1, -0.05) is 13.8 Å². The summed E-state index contributed by atoms with van der Waals surface area (Å²) in [6, 6.07) is 6.93. The maximum Gasteiger partial charge on any atom is 0.226 e. The summed E-state index contributed by atoms with van der Waals surface area (Å²) >= 11 is 0. The molecule has 2 saturated heterocycles. The van der Waals surface area contributed by atoms with Crippen LogP contribution in [0.2, 0.25) is 0 Å². The van der Waals surface area contributed by atoms with E-state index in [1.807, 2.05) is 0 Å². The fourth-order valence-corrected chi connectivity index (χ4v) is 5.81. The second-order valence-corrected chi connectivity index (χ2v) is 10.1. The highest BCUT2D eigenvalue weighted by Gasteiger charge is 2.28. The van der Waals surface area contributed by atoms with Gasteiger partial charge in [-0.05, 0) is 74.3 Å². The third kappa shape index (κ3) is 4.94. The van der Waals surface area contributed by atoms with Crippen molar-refractivity contribution in [3.05, 3.63) is 34.9 Å². The average molecular weight is 466 g/mol. The van der Waals surface area contributed by atoms with Crippen LogP contribution in [0.25, 0.3) is 10.9 Å². The largest absolute Gasteiger partial charge is 0.378 e. The van der Waals surface area contributed by atoms with Gasteiger partial charge in [0.1, 0.15) is 5.82 Å². The summed E-state index contributed by atoms with van der Waals surface area (Å²) in [6.07, 6.45) is 7.54. The quantitative estimate of drug-likeness (QED) is 0.574. The van der Waals surface area contributed by atoms with Crippen molar-refractivity contribution in [3.63, 3.8) is 0 Å². The standard InChI is InChI=1S/C28H39N3O3/c1-3-20(4-2)28(32)31(19-25-9-6-12-34-25)18-24-16-23-15-21-7-5-8-22(21)17-26(23)29-27(24)30-10-13-33-14-11-30/h15-17,20,25H,3-14,18-19H2,1-2H3/t25-/m0/s1. The molecular formula is C28H39N3O3. The van der Waals surface area contributed by atoms with Crippen molar-refractivity contribution in [1.29, 1.82) is 0 Å². The zero-order valence-electron chi connectivity index (χ0n) is 20.9. The maximum atomic E-state index is 13.6. The summed E-state index contributed by atoms with van der Waals surface area (Å²) in [5.41, 5.74) is 5.13. The van der Waals surface area contributed by atoms with Gasteiger partial charge in [-0.3, -0.25) is 4.79 Å². The summed E-state index contributed by atoms with van der Waals surface area (Å²) in [6.45, 7) is 9.40. The number of pyridine rings is 1. The number of anilines is 1. The SMILES string of the molecule is CCC(CC)C(=O)N(Cc1cc2cc3c(cc2nc1N1CCOCC1)CCC3)C[C@@H]1CCCO1. The molecule has 184 valence electrons. The zero-order valence-corrected chi connectivity index (χ0v) is 20.9. The van der Waals surface area contributed by atoms with Crippen molar-refractivity contribution >= 4 is 22.6 Å². The first-order valence-corrected chi connectivity index (χ1v) is 13.3. The van der Waals surface area contributed by atoms with Gasteiger partial charge in [0.25, 0.3) is 0 Å². The number of hydrogen-bond donors (Lipinski definition) is 0. The van der Waals surface area contributed by atoms with Crippen LogP contribution in [-0.4, -0.2) is 61.3 Å². The smallest absolute Gasteiger partial charge is 0.226 e. The normalized spacial score (nSPS) is 20.3. The molecule has 2 aliphatic heterocycles. The van der Waals surface area contributed by atoms with Crippen molar-refractivity contribution in [1.82, 2.24) is 9.88 Å². The predicted octanol–water partition coefficient (Wildman–Crippen LogP) is 4.50. The van der Waals surface area contributed by atoms with Gasteiger partial charge in [0, 0.05) is 49.7 Å². The zero-order chi connectivity index (χ0) is 23.5. The van der Waals surface area contributed by atoms with Crippen molar-refractivity contribution < 1.29 is 14.3 Å². The molecule has 34 heavy (non-hydrogen) atoms. The summed E-state index contributed by atoms with van der Waals surface area (Å²) in [5, 5.41) is 1.19. The van der Waals surface area contributed by atoms with E-state index in [1.54, 1.807) is 0 Å². The summed E-state index contributed by atoms with van der Waals surface area (Å²) < 4.78 is 11.6. The fourth-order valence-electron chi connectivity index (χ4n) is 5.81. The first-order valence-electron chi connectivity index (χ1n) is 13.3. The molecule has 0 bridgehead atoms. The lowest BCUT2D eigenvalue weighted by molar-refractivity contribution is -0.138. The van der Waals surface area contributed by atoms with Crippen LogP contribution in [-0.2, 0) is 33.7 Å². The van der Waals surface area contributed by atoms with Gasteiger partial charge in [-0.2, -0.15) is 0 Å². The lowest BCUT2D eigenvalue weighted by Gasteiger charge is -2.33. The molecule has 2 aromatic rings. The Kier molecular flexibility index (Phi) is 7.35. The van der Waals surface area contributed by atoms with E-state index >= 15 is 0 Å². The molecule has 3 aliphatic rings. The second kappa shape index (κ2) is 10.6. The fraction of sp³-hybridized carbons (Fsp3) is 0.643. The predicted molar refractivity (Wildman–Crippen MR) is 135 cm³/mol. The van der Waals surface area contributed by atoms with Crippen LogP contribution in [0.5, 0.6) is 0 Å². The van der Waals surface area contributed by atoms with Crippen molar-refractivity contribution in [2.75, 3.05) is 44.4 Å². The maximum absolute atomic E-state index is 13.6. The highest BCUT2D eigenvalue weighted by molar-refractivity contribution is 5.84. The summed E-state index contributed by atoms with van der Waals surface area (Å²) in [7, 11) is 0. The molecule has 6 heteroatoms. The first kappa shape index (κ1) is 23.6. The molecule has 1 aliphatic carbocycles. The van der Waals surface area contributed by atoms with E-state index in [0.717, 1.165) is 88.3 Å². The number of benzene rings is 1. The van der Waals surface area contributed by atoms with E-state index in [4.69, 9.17) is 14.5 Å². The van der Waals surface area contributed by atoms with Crippen LogP contribution in [0.15, 0.2) is 18.2 Å². The lowest BCUT2D eigenvalue weighted by Crippen LogP contribution is -2.41. The minimum Gasteiger partial charge on any atom is -0.378 e. The molecule has 1 amide bonds. The number of nitrogens with zero attached hydrogens (tertiary/aromatic N) is 3. The van der Waals surface area contributed by atoms with Gasteiger partial charge in [0.15, 0.2) is 0 Å². The molecule has 0 unspecified atom stereocenters. The Bertz CT molecular complexity index is 1010. The molecule has 1 atom stereocenters. The Hall–Kier alpha value is -2.18. The molecule has 6 nitrogen and oxygen atoms in total. The van der Waals surface area contributed by atoms with Gasteiger partial charge in [-0.15, -0.1) is 0 Å². The Morgan fingerprint density at radius 3 is 2.56 bits per heavy atom. The molecule has 2 fully saturated rings. The highest BCUT2D eigenvalue weighted by atomic mass is 16.5. The van der Waals surface area contributed by atoms with Crippen LogP contribution in [0.3, 0.4) is 0 Å². The average Bonchev–Trinajstić information content (AvgIpc) is 3.55.